The van der Waals surface area contributed by atoms with Crippen LogP contribution in [0.2, 0.25) is 0 Å². The topological polar surface area (TPSA) is 72.2 Å². The van der Waals surface area contributed by atoms with E-state index in [0.717, 1.165) is 12.8 Å². The molecule has 1 aliphatic carbocycles. The normalized spacial score (nSPS) is 27.4. The third-order valence-electron chi connectivity index (χ3n) is 4.28. The molecule has 4 nitrogen and oxygen atoms in total. The number of benzene rings is 1. The zero-order chi connectivity index (χ0) is 14.9. The number of nitrogens with two attached hydrogens (primary N) is 1. The second kappa shape index (κ2) is 6.03. The molecule has 0 aromatic heterocycles. The fourth-order valence-electron chi connectivity index (χ4n) is 2.75. The van der Waals surface area contributed by atoms with Gasteiger partial charge < -0.3 is 5.73 Å². The Kier molecular flexibility index (Phi) is 4.76. The summed E-state index contributed by atoms with van der Waals surface area (Å²) in [5, 5.41) is 0. The van der Waals surface area contributed by atoms with Gasteiger partial charge in [0.15, 0.2) is 0 Å². The smallest absolute Gasteiger partial charge is 0.242 e. The highest BCUT2D eigenvalue weighted by Crippen LogP contribution is 2.31. The number of hydrogen-bond donors (Lipinski definition) is 2. The third-order valence-corrected chi connectivity index (χ3v) is 6.32. The molecule has 1 aromatic rings. The Balaban J connectivity index is 2.25. The molecule has 1 aliphatic rings. The van der Waals surface area contributed by atoms with Crippen molar-refractivity contribution in [3.63, 3.8) is 0 Å². The van der Waals surface area contributed by atoms with Crippen LogP contribution < -0.4 is 10.5 Å². The minimum atomic E-state index is -3.57. The zero-order valence-electron chi connectivity index (χ0n) is 11.8. The standard InChI is InChI=1S/C14H21BrN2O2S/c1-9-4-3-5-13(10(9)2)17-20(18,19)14-8-11(15)6-7-12(14)16/h6-10,13,17H,3-5,16H2,1-2H3. The lowest BCUT2D eigenvalue weighted by molar-refractivity contribution is 0.227. The van der Waals surface area contributed by atoms with Crippen LogP contribution in [0.15, 0.2) is 27.6 Å². The zero-order valence-corrected chi connectivity index (χ0v) is 14.2. The molecule has 0 heterocycles. The lowest BCUT2D eigenvalue weighted by Gasteiger charge is -2.34. The molecular formula is C14H21BrN2O2S. The largest absolute Gasteiger partial charge is 0.398 e. The molecule has 2 rings (SSSR count). The van der Waals surface area contributed by atoms with E-state index in [4.69, 9.17) is 5.73 Å². The number of halogens is 1. The number of nitrogens with one attached hydrogen (secondary N) is 1. The van der Waals surface area contributed by atoms with Crippen molar-refractivity contribution in [2.24, 2.45) is 11.8 Å². The van der Waals surface area contributed by atoms with Crippen LogP contribution >= 0.6 is 15.9 Å². The van der Waals surface area contributed by atoms with Gasteiger partial charge in [0, 0.05) is 10.5 Å². The first-order chi connectivity index (χ1) is 9.31. The first kappa shape index (κ1) is 15.8. The van der Waals surface area contributed by atoms with Gasteiger partial charge >= 0.3 is 0 Å². The van der Waals surface area contributed by atoms with Crippen LogP contribution in [-0.4, -0.2) is 14.5 Å². The molecule has 3 atom stereocenters. The van der Waals surface area contributed by atoms with Gasteiger partial charge in [0.25, 0.3) is 0 Å². The molecule has 0 radical (unpaired) electrons. The van der Waals surface area contributed by atoms with Crippen LogP contribution in [0, 0.1) is 11.8 Å². The number of anilines is 1. The lowest BCUT2D eigenvalue weighted by atomic mass is 9.78. The summed E-state index contributed by atoms with van der Waals surface area (Å²) < 4.78 is 28.6. The Hall–Kier alpha value is -0.590. The molecule has 112 valence electrons. The van der Waals surface area contributed by atoms with E-state index in [9.17, 15) is 8.42 Å². The molecule has 1 aromatic carbocycles. The van der Waals surface area contributed by atoms with E-state index in [1.165, 1.54) is 6.42 Å². The fourth-order valence-corrected chi connectivity index (χ4v) is 4.78. The van der Waals surface area contributed by atoms with Crippen molar-refractivity contribution in [3.05, 3.63) is 22.7 Å². The van der Waals surface area contributed by atoms with E-state index in [-0.39, 0.29) is 16.6 Å². The Bertz CT molecular complexity index is 589. The van der Waals surface area contributed by atoms with Gasteiger partial charge in [0.2, 0.25) is 10.0 Å². The Labute approximate surface area is 129 Å². The van der Waals surface area contributed by atoms with Gasteiger partial charge in [-0.1, -0.05) is 42.6 Å². The van der Waals surface area contributed by atoms with Crippen LogP contribution in [0.25, 0.3) is 0 Å². The number of sulfonamides is 1. The average Bonchev–Trinajstić information content (AvgIpc) is 2.37. The summed E-state index contributed by atoms with van der Waals surface area (Å²) in [6, 6.07) is 4.88. The van der Waals surface area contributed by atoms with Crippen molar-refractivity contribution in [1.82, 2.24) is 4.72 Å². The van der Waals surface area contributed by atoms with Crippen molar-refractivity contribution >= 4 is 31.6 Å². The SMILES string of the molecule is CC1CCCC(NS(=O)(=O)c2cc(Br)ccc2N)C1C. The van der Waals surface area contributed by atoms with Crippen LogP contribution in [0.4, 0.5) is 5.69 Å². The van der Waals surface area contributed by atoms with Gasteiger partial charge in [-0.05, 0) is 36.5 Å². The van der Waals surface area contributed by atoms with E-state index in [1.54, 1.807) is 18.2 Å². The van der Waals surface area contributed by atoms with Crippen molar-refractivity contribution in [2.75, 3.05) is 5.73 Å². The van der Waals surface area contributed by atoms with Gasteiger partial charge in [-0.3, -0.25) is 0 Å². The minimum absolute atomic E-state index is 0.0119. The molecule has 1 saturated carbocycles. The molecule has 0 bridgehead atoms. The number of rotatable bonds is 3. The maximum absolute atomic E-state index is 12.5. The van der Waals surface area contributed by atoms with Crippen LogP contribution in [0.3, 0.4) is 0 Å². The highest BCUT2D eigenvalue weighted by Gasteiger charge is 2.31. The molecule has 3 unspecified atom stereocenters. The van der Waals surface area contributed by atoms with E-state index in [0.29, 0.717) is 16.3 Å². The molecule has 0 saturated heterocycles. The van der Waals surface area contributed by atoms with Crippen molar-refractivity contribution in [1.29, 1.82) is 0 Å². The molecule has 20 heavy (non-hydrogen) atoms. The monoisotopic (exact) mass is 360 g/mol. The van der Waals surface area contributed by atoms with Crippen molar-refractivity contribution < 1.29 is 8.42 Å². The van der Waals surface area contributed by atoms with Crippen LogP contribution in [-0.2, 0) is 10.0 Å². The van der Waals surface area contributed by atoms with E-state index in [1.807, 2.05) is 0 Å². The summed E-state index contributed by atoms with van der Waals surface area (Å²) >= 11 is 3.29. The number of hydrogen-bond acceptors (Lipinski definition) is 3. The quantitative estimate of drug-likeness (QED) is 0.813. The summed E-state index contributed by atoms with van der Waals surface area (Å²) in [4.78, 5) is 0.150. The highest BCUT2D eigenvalue weighted by atomic mass is 79.9. The first-order valence-corrected chi connectivity index (χ1v) is 9.16. The van der Waals surface area contributed by atoms with E-state index >= 15 is 0 Å². The molecule has 1 fully saturated rings. The molecular weight excluding hydrogens is 340 g/mol. The third kappa shape index (κ3) is 3.35. The predicted octanol–water partition coefficient (Wildman–Crippen LogP) is 3.13. The van der Waals surface area contributed by atoms with E-state index in [2.05, 4.69) is 34.5 Å². The number of nitrogen functional groups attached to an aromatic ring is 1. The summed E-state index contributed by atoms with van der Waals surface area (Å²) in [6.45, 7) is 4.29. The average molecular weight is 361 g/mol. The molecule has 3 N–H and O–H groups in total. The highest BCUT2D eigenvalue weighted by molar-refractivity contribution is 9.10. The molecule has 0 spiro atoms. The summed E-state index contributed by atoms with van der Waals surface area (Å²) in [5.74, 6) is 0.878. The lowest BCUT2D eigenvalue weighted by Crippen LogP contribution is -2.43. The maximum Gasteiger partial charge on any atom is 0.242 e. The second-order valence-corrected chi connectivity index (χ2v) is 8.28. The second-order valence-electron chi connectivity index (χ2n) is 5.68. The maximum atomic E-state index is 12.5. The summed E-state index contributed by atoms with van der Waals surface area (Å²) in [6.07, 6.45) is 3.11. The molecule has 0 amide bonds. The summed E-state index contributed by atoms with van der Waals surface area (Å²) in [7, 11) is -3.57. The van der Waals surface area contributed by atoms with Crippen LogP contribution in [0.5, 0.6) is 0 Å². The fraction of sp³-hybridized carbons (Fsp3) is 0.571. The molecule has 6 heteroatoms. The van der Waals surface area contributed by atoms with Crippen molar-refractivity contribution in [2.45, 2.75) is 44.0 Å². The van der Waals surface area contributed by atoms with Gasteiger partial charge in [0.05, 0.1) is 5.69 Å². The van der Waals surface area contributed by atoms with Gasteiger partial charge in [-0.2, -0.15) is 0 Å². The Morgan fingerprint density at radius 1 is 1.30 bits per heavy atom. The molecule has 0 aliphatic heterocycles. The van der Waals surface area contributed by atoms with Crippen LogP contribution in [0.1, 0.15) is 33.1 Å². The Morgan fingerprint density at radius 2 is 2.00 bits per heavy atom. The Morgan fingerprint density at radius 3 is 2.70 bits per heavy atom. The predicted molar refractivity (Wildman–Crippen MR) is 84.8 cm³/mol. The van der Waals surface area contributed by atoms with E-state index < -0.39 is 10.0 Å². The minimum Gasteiger partial charge on any atom is -0.398 e. The van der Waals surface area contributed by atoms with Crippen molar-refractivity contribution in [3.8, 4) is 0 Å². The first-order valence-electron chi connectivity index (χ1n) is 6.88. The van der Waals surface area contributed by atoms with Gasteiger partial charge in [0.1, 0.15) is 4.90 Å². The van der Waals surface area contributed by atoms with Gasteiger partial charge in [-0.25, -0.2) is 13.1 Å². The summed E-state index contributed by atoms with van der Waals surface area (Å²) in [5.41, 5.74) is 6.08. The van der Waals surface area contributed by atoms with Gasteiger partial charge in [-0.15, -0.1) is 0 Å².